The Hall–Kier alpha value is -16.9. The van der Waals surface area contributed by atoms with Crippen molar-refractivity contribution in [2.75, 3.05) is 68.7 Å². The van der Waals surface area contributed by atoms with Crippen LogP contribution in [0.2, 0.25) is 0 Å². The van der Waals surface area contributed by atoms with Gasteiger partial charge < -0.3 is 87.3 Å². The summed E-state index contributed by atoms with van der Waals surface area (Å²) < 4.78 is 250. The molecule has 0 radical (unpaired) electrons. The first-order valence-electron chi connectivity index (χ1n) is 44.0. The smallest absolute Gasteiger partial charge is 0.387 e. The summed E-state index contributed by atoms with van der Waals surface area (Å²) in [6.45, 7) is 14.0. The molecule has 5 N–H and O–H groups in total. The Kier molecular flexibility index (Phi) is 37.1. The fourth-order valence-electron chi connectivity index (χ4n) is 14.6. The lowest BCUT2D eigenvalue weighted by Crippen LogP contribution is -2.20. The largest absolute Gasteiger partial charge is 0.497 e. The maximum atomic E-state index is 14.0. The second-order valence-electron chi connectivity index (χ2n) is 32.8. The van der Waals surface area contributed by atoms with Crippen LogP contribution in [-0.4, -0.2) is 96.5 Å². The average molecular weight is 2050 g/mol. The van der Waals surface area contributed by atoms with E-state index < -0.39 is 104 Å². The number of aromatic nitrogens is 10. The van der Waals surface area contributed by atoms with Crippen molar-refractivity contribution < 1.29 is 104 Å². The minimum absolute atomic E-state index is 0. The van der Waals surface area contributed by atoms with Crippen molar-refractivity contribution in [2.24, 2.45) is 0 Å². The number of hydrogen-bond donors (Lipinski definition) is 5. The molecule has 5 aromatic heterocycles. The van der Waals surface area contributed by atoms with E-state index in [0.717, 1.165) is 85.9 Å². The van der Waals surface area contributed by atoms with Crippen LogP contribution >= 0.6 is 0 Å². The molecule has 0 saturated heterocycles. The number of nitrogens with zero attached hydrogens (tertiary/aromatic N) is 10. The van der Waals surface area contributed by atoms with E-state index in [4.69, 9.17) is 33.2 Å². The van der Waals surface area contributed by atoms with E-state index in [-0.39, 0.29) is 121 Å². The third-order valence-corrected chi connectivity index (χ3v) is 22.2. The number of ether oxygens (including phenoxy) is 8. The zero-order chi connectivity index (χ0) is 106. The van der Waals surface area contributed by atoms with Crippen molar-refractivity contribution in [3.05, 3.63) is 393 Å². The quantitative estimate of drug-likeness (QED) is 0.0215. The van der Waals surface area contributed by atoms with Crippen molar-refractivity contribution in [2.45, 2.75) is 122 Å². The van der Waals surface area contributed by atoms with Gasteiger partial charge in [0.05, 0.1) is 107 Å². The maximum Gasteiger partial charge on any atom is 0.387 e. The standard InChI is InChI=1S/C22H23F2N3O3.C21H19F4N3O3.C21H18F3N3O3.C20H19F2N3O2.C19H15F4N3O2.CH4/c1-5-30-16-6-7-19(13(2)8-16)25-22-26-21(28)20(29-4)12-27(22)11-15-9-17(23)14(3)18(24)10-15;1-11-6-14(31-20(24)25)4-5-17(11)26-21-27-19(29)18(30-3)10-28(21)9-13-7-15(22)12(2)16(23)8-13;1-11-3-13-9-30-10-14(13)6-17(11)25-21-26-20(28)18(29-2)8-27(21)7-12-4-15(22)19(24)16(23)5-12;1-12-6-14(9-15(21)7-12)10-25-11-17(22)19(26)24-20(25)23-18-5-4-16(27-3)8-13(18)2;1-10-5-12(28-2)3-4-16(10)24-19-25-18(27)15(22)9-26(19)8-11-6-13(20)17(23)14(21)7-11;/h6-10,12H,5,11H2,1-4H3,(H,25,26,28);4-8,10,20H,9H2,1-3H3,(H,26,27,29);3-6,8H,7,9-10H2,1-2H3,(H,25,26,28);4-9,11H,10H2,1-3H3,(H,23,24,26);3-7,9H,8H2,1-2H3,(H,24,25,27);1H4. The van der Waals surface area contributed by atoms with Crippen LogP contribution in [0, 0.1) is 131 Å². The molecule has 0 saturated carbocycles. The molecule has 28 nitrogen and oxygen atoms in total. The highest BCUT2D eigenvalue weighted by atomic mass is 19.3. The van der Waals surface area contributed by atoms with Gasteiger partial charge in [0.15, 0.2) is 34.9 Å². The molecule has 772 valence electrons. The highest BCUT2D eigenvalue weighted by Gasteiger charge is 2.24. The Morgan fingerprint density at radius 2 is 0.605 bits per heavy atom. The molecule has 15 aromatic rings. The van der Waals surface area contributed by atoms with Crippen molar-refractivity contribution in [3.8, 4) is 40.2 Å². The van der Waals surface area contributed by atoms with Crippen molar-refractivity contribution >= 4 is 58.2 Å². The van der Waals surface area contributed by atoms with Crippen LogP contribution in [0.4, 0.5) is 124 Å². The number of halogens is 15. The summed E-state index contributed by atoms with van der Waals surface area (Å²) in [7, 11) is 7.06. The highest BCUT2D eigenvalue weighted by Crippen LogP contribution is 2.35. The Labute approximate surface area is 830 Å². The van der Waals surface area contributed by atoms with E-state index in [1.165, 1.54) is 129 Å². The predicted molar refractivity (Wildman–Crippen MR) is 522 cm³/mol. The second kappa shape index (κ2) is 49.4. The molecule has 6 heterocycles. The normalized spacial score (nSPS) is 11.1. The number of hydrogen-bond acceptors (Lipinski definition) is 23. The van der Waals surface area contributed by atoms with Gasteiger partial charge in [-0.2, -0.15) is 42.5 Å². The summed E-state index contributed by atoms with van der Waals surface area (Å²) in [5, 5.41) is 15.1. The topological polar surface area (TPSA) is 308 Å². The molecular weight excluding hydrogens is 1950 g/mol. The van der Waals surface area contributed by atoms with Crippen molar-refractivity contribution in [3.63, 3.8) is 0 Å². The van der Waals surface area contributed by atoms with Gasteiger partial charge >= 0.3 is 34.4 Å². The van der Waals surface area contributed by atoms with Gasteiger partial charge in [0.25, 0.3) is 0 Å². The minimum Gasteiger partial charge on any atom is -0.497 e. The minimum atomic E-state index is -2.96. The lowest BCUT2D eigenvalue weighted by Gasteiger charge is -2.17. The summed E-state index contributed by atoms with van der Waals surface area (Å²) in [5.41, 5.74) is 7.44. The molecule has 0 amide bonds. The van der Waals surface area contributed by atoms with Crippen LogP contribution in [0.5, 0.6) is 40.2 Å². The summed E-state index contributed by atoms with van der Waals surface area (Å²) in [6.07, 6.45) is 6.11. The van der Waals surface area contributed by atoms with Crippen LogP contribution in [0.25, 0.3) is 0 Å². The van der Waals surface area contributed by atoms with Crippen molar-refractivity contribution in [1.82, 2.24) is 47.8 Å². The lowest BCUT2D eigenvalue weighted by atomic mass is 10.1. The Morgan fingerprint density at radius 3 is 0.925 bits per heavy atom. The van der Waals surface area contributed by atoms with Gasteiger partial charge in [-0.3, -0.25) is 24.0 Å². The number of benzene rings is 10. The third-order valence-electron chi connectivity index (χ3n) is 22.2. The van der Waals surface area contributed by atoms with Crippen LogP contribution in [0.1, 0.15) is 97.8 Å². The van der Waals surface area contributed by atoms with Crippen LogP contribution < -0.4 is 87.5 Å². The first-order chi connectivity index (χ1) is 69.5. The number of methoxy groups -OCH3 is 5. The van der Waals surface area contributed by atoms with E-state index in [2.05, 4.69) is 56.2 Å². The SMILES string of the molecule is C.CCOc1ccc(Nc2nc(=O)c(OC)cn2Cc2cc(F)c(C)c(F)c2)c(C)c1.COc1ccc(Nc2nc(=O)c(F)cn2Cc2cc(C)cc(F)c2)c(C)c1.COc1ccc(Nc2nc(=O)c(F)cn2Cc2cc(F)c(F)c(F)c2)c(C)c1.COc1cn(Cc2cc(F)c(C)c(F)c2)c(Nc2ccc(OC(F)F)cc2C)nc1=O.COc1cn(Cc2cc(F)c(F)c(F)c2)c(Nc2cc3c(cc2C)COC3)nc1=O. The maximum absolute atomic E-state index is 14.0. The van der Waals surface area contributed by atoms with E-state index in [1.54, 1.807) is 74.9 Å². The number of fused-ring (bicyclic) bond motifs is 1. The summed E-state index contributed by atoms with van der Waals surface area (Å²) in [4.78, 5) is 79.4. The van der Waals surface area contributed by atoms with Gasteiger partial charge in [0, 0.05) is 52.0 Å². The van der Waals surface area contributed by atoms with E-state index in [9.17, 15) is 89.8 Å². The Balaban J connectivity index is 0.000000175. The van der Waals surface area contributed by atoms with Gasteiger partial charge in [-0.15, -0.1) is 0 Å². The molecule has 1 aliphatic heterocycles. The zero-order valence-corrected chi connectivity index (χ0v) is 80.5. The third kappa shape index (κ3) is 28.6. The fraction of sp³-hybridized carbons (Fsp3) is 0.231. The monoisotopic (exact) mass is 2050 g/mol. The van der Waals surface area contributed by atoms with Crippen molar-refractivity contribution in [1.29, 1.82) is 0 Å². The molecule has 0 atom stereocenters. The van der Waals surface area contributed by atoms with Gasteiger partial charge in [-0.25, -0.2) is 48.3 Å². The summed E-state index contributed by atoms with van der Waals surface area (Å²) >= 11 is 0. The predicted octanol–water partition coefficient (Wildman–Crippen LogP) is 21.2. The van der Waals surface area contributed by atoms with Gasteiger partial charge in [0.2, 0.25) is 58.6 Å². The number of aryl methyl sites for hydroxylation is 6. The zero-order valence-electron chi connectivity index (χ0n) is 80.5. The molecule has 0 fully saturated rings. The molecular formula is C104H98F15N15O13. The van der Waals surface area contributed by atoms with Gasteiger partial charge in [0.1, 0.15) is 52.1 Å². The molecule has 0 bridgehead atoms. The molecule has 0 unspecified atom stereocenters. The molecule has 1 aliphatic rings. The number of anilines is 10. The summed E-state index contributed by atoms with van der Waals surface area (Å²) in [6, 6.07) is 36.9. The molecule has 0 spiro atoms. The fourth-order valence-corrected chi connectivity index (χ4v) is 14.6. The highest BCUT2D eigenvalue weighted by molar-refractivity contribution is 5.66. The Morgan fingerprint density at radius 1 is 0.320 bits per heavy atom. The van der Waals surface area contributed by atoms with Gasteiger partial charge in [-0.05, 0) is 274 Å². The molecule has 147 heavy (non-hydrogen) atoms. The number of alkyl halides is 2. The van der Waals surface area contributed by atoms with E-state index in [1.807, 2.05) is 58.0 Å². The number of nitrogens with one attached hydrogen (secondary N) is 5. The van der Waals surface area contributed by atoms with Crippen LogP contribution in [0.15, 0.2) is 207 Å². The molecule has 16 rings (SSSR count). The van der Waals surface area contributed by atoms with E-state index in [0.29, 0.717) is 82.0 Å². The first-order valence-corrected chi connectivity index (χ1v) is 44.0. The van der Waals surface area contributed by atoms with Crippen LogP contribution in [-0.2, 0) is 50.7 Å². The van der Waals surface area contributed by atoms with Crippen LogP contribution in [0.3, 0.4) is 0 Å². The number of rotatable bonds is 29. The van der Waals surface area contributed by atoms with Gasteiger partial charge in [-0.1, -0.05) is 19.6 Å². The molecule has 10 aromatic carbocycles. The Bertz CT molecular complexity index is 7590. The summed E-state index contributed by atoms with van der Waals surface area (Å²) in [5.74, 6) is -11.1. The second-order valence-corrected chi connectivity index (χ2v) is 32.8. The molecule has 0 aliphatic carbocycles. The molecule has 43 heteroatoms. The first kappa shape index (κ1) is 110. The lowest BCUT2D eigenvalue weighted by molar-refractivity contribution is -0.0498. The van der Waals surface area contributed by atoms with E-state index >= 15 is 0 Å². The average Bonchev–Trinajstić information content (AvgIpc) is 1.76.